The standard InChI is InChI=1S/C24H29FN2O3/c25-21-7-5-20(6-8-21)24(9-2-10-24)23(28)26-18-19-3-1-4-22(17-19)30-16-13-27-11-14-29-15-12-27/h1,3-8,17H,2,9-16,18H2,(H,26,28). The number of hydrogen-bond donors (Lipinski definition) is 1. The number of hydrogen-bond acceptors (Lipinski definition) is 4. The highest BCUT2D eigenvalue weighted by Crippen LogP contribution is 2.44. The molecule has 160 valence electrons. The molecule has 5 nitrogen and oxygen atoms in total. The molecule has 1 heterocycles. The summed E-state index contributed by atoms with van der Waals surface area (Å²) in [5, 5.41) is 3.08. The molecule has 2 fully saturated rings. The molecule has 0 unspecified atom stereocenters. The second-order valence-corrected chi connectivity index (χ2v) is 8.08. The molecule has 0 radical (unpaired) electrons. The van der Waals surface area contributed by atoms with E-state index in [1.807, 2.05) is 24.3 Å². The lowest BCUT2D eigenvalue weighted by Crippen LogP contribution is -2.49. The molecule has 4 rings (SSSR count). The van der Waals surface area contributed by atoms with E-state index in [1.54, 1.807) is 12.1 Å². The molecule has 1 aliphatic heterocycles. The smallest absolute Gasteiger partial charge is 0.230 e. The molecule has 2 aromatic rings. The fourth-order valence-corrected chi connectivity index (χ4v) is 4.16. The van der Waals surface area contributed by atoms with Crippen LogP contribution >= 0.6 is 0 Å². The fraction of sp³-hybridized carbons (Fsp3) is 0.458. The molecule has 1 N–H and O–H groups in total. The molecular weight excluding hydrogens is 383 g/mol. The van der Waals surface area contributed by atoms with Gasteiger partial charge in [0.2, 0.25) is 5.91 Å². The van der Waals surface area contributed by atoms with Crippen molar-refractivity contribution in [1.82, 2.24) is 10.2 Å². The lowest BCUT2D eigenvalue weighted by molar-refractivity contribution is -0.130. The van der Waals surface area contributed by atoms with E-state index < -0.39 is 5.41 Å². The predicted octanol–water partition coefficient (Wildman–Crippen LogP) is 3.27. The molecule has 1 saturated heterocycles. The van der Waals surface area contributed by atoms with Crippen molar-refractivity contribution in [3.8, 4) is 5.75 Å². The first-order chi connectivity index (χ1) is 14.7. The molecule has 0 atom stereocenters. The third-order valence-corrected chi connectivity index (χ3v) is 6.17. The molecule has 1 aliphatic carbocycles. The van der Waals surface area contributed by atoms with E-state index in [4.69, 9.17) is 9.47 Å². The molecule has 30 heavy (non-hydrogen) atoms. The minimum Gasteiger partial charge on any atom is -0.492 e. The Labute approximate surface area is 177 Å². The fourth-order valence-electron chi connectivity index (χ4n) is 4.16. The van der Waals surface area contributed by atoms with Crippen LogP contribution in [-0.2, 0) is 21.5 Å². The largest absolute Gasteiger partial charge is 0.492 e. The molecule has 1 amide bonds. The number of nitrogens with zero attached hydrogens (tertiary/aromatic N) is 1. The van der Waals surface area contributed by atoms with Crippen LogP contribution in [0.1, 0.15) is 30.4 Å². The van der Waals surface area contributed by atoms with Crippen LogP contribution in [0.4, 0.5) is 4.39 Å². The number of nitrogens with one attached hydrogen (secondary N) is 1. The summed E-state index contributed by atoms with van der Waals surface area (Å²) < 4.78 is 24.5. The van der Waals surface area contributed by atoms with Crippen LogP contribution in [-0.4, -0.2) is 50.3 Å². The van der Waals surface area contributed by atoms with E-state index >= 15 is 0 Å². The number of halogens is 1. The summed E-state index contributed by atoms with van der Waals surface area (Å²) in [7, 11) is 0. The van der Waals surface area contributed by atoms with Gasteiger partial charge in [-0.05, 0) is 48.2 Å². The molecule has 6 heteroatoms. The molecule has 1 saturated carbocycles. The van der Waals surface area contributed by atoms with Crippen LogP contribution in [0.25, 0.3) is 0 Å². The Morgan fingerprint density at radius 1 is 1.13 bits per heavy atom. The van der Waals surface area contributed by atoms with E-state index in [0.29, 0.717) is 13.2 Å². The molecule has 2 aliphatic rings. The van der Waals surface area contributed by atoms with Gasteiger partial charge in [0, 0.05) is 26.2 Å². The van der Waals surface area contributed by atoms with Gasteiger partial charge in [0.1, 0.15) is 18.2 Å². The summed E-state index contributed by atoms with van der Waals surface area (Å²) in [6, 6.07) is 14.2. The third kappa shape index (κ3) is 4.82. The van der Waals surface area contributed by atoms with Crippen LogP contribution in [0.3, 0.4) is 0 Å². The van der Waals surface area contributed by atoms with Crippen molar-refractivity contribution >= 4 is 5.91 Å². The maximum absolute atomic E-state index is 13.3. The Morgan fingerprint density at radius 2 is 1.90 bits per heavy atom. The highest BCUT2D eigenvalue weighted by Gasteiger charge is 2.45. The number of carbonyl (C=O) groups excluding carboxylic acids is 1. The van der Waals surface area contributed by atoms with Gasteiger partial charge >= 0.3 is 0 Å². The average molecular weight is 413 g/mol. The van der Waals surface area contributed by atoms with Crippen LogP contribution in [0.2, 0.25) is 0 Å². The lowest BCUT2D eigenvalue weighted by Gasteiger charge is -2.40. The molecule has 0 bridgehead atoms. The zero-order valence-corrected chi connectivity index (χ0v) is 17.2. The van der Waals surface area contributed by atoms with Gasteiger partial charge in [0.25, 0.3) is 0 Å². The van der Waals surface area contributed by atoms with Gasteiger partial charge in [-0.15, -0.1) is 0 Å². The van der Waals surface area contributed by atoms with E-state index in [2.05, 4.69) is 10.2 Å². The predicted molar refractivity (Wildman–Crippen MR) is 113 cm³/mol. The Kier molecular flexibility index (Phi) is 6.65. The van der Waals surface area contributed by atoms with Crippen molar-refractivity contribution in [3.63, 3.8) is 0 Å². The Bertz CT molecular complexity index is 846. The number of amides is 1. The highest BCUT2D eigenvalue weighted by molar-refractivity contribution is 5.89. The molecular formula is C24H29FN2O3. The van der Waals surface area contributed by atoms with Crippen LogP contribution in [0.15, 0.2) is 48.5 Å². The van der Waals surface area contributed by atoms with Crippen molar-refractivity contribution in [2.75, 3.05) is 39.5 Å². The van der Waals surface area contributed by atoms with Gasteiger partial charge in [0.15, 0.2) is 0 Å². The van der Waals surface area contributed by atoms with E-state index in [-0.39, 0.29) is 11.7 Å². The summed E-state index contributed by atoms with van der Waals surface area (Å²) in [6.07, 6.45) is 2.61. The SMILES string of the molecule is O=C(NCc1cccc(OCCN2CCOCC2)c1)C1(c2ccc(F)cc2)CCC1. The number of morpholine rings is 1. The maximum atomic E-state index is 13.3. The number of carbonyl (C=O) groups is 1. The van der Waals surface area contributed by atoms with Crippen molar-refractivity contribution in [1.29, 1.82) is 0 Å². The quantitative estimate of drug-likeness (QED) is 0.723. The summed E-state index contributed by atoms with van der Waals surface area (Å²) >= 11 is 0. The zero-order valence-electron chi connectivity index (χ0n) is 17.2. The van der Waals surface area contributed by atoms with E-state index in [9.17, 15) is 9.18 Å². The summed E-state index contributed by atoms with van der Waals surface area (Å²) in [5.41, 5.74) is 1.37. The summed E-state index contributed by atoms with van der Waals surface area (Å²) in [4.78, 5) is 15.3. The first-order valence-corrected chi connectivity index (χ1v) is 10.7. The monoisotopic (exact) mass is 412 g/mol. The normalized spacial score (nSPS) is 18.4. The van der Waals surface area contributed by atoms with Crippen molar-refractivity contribution in [2.45, 2.75) is 31.2 Å². The molecule has 0 aromatic heterocycles. The minimum atomic E-state index is -0.528. The van der Waals surface area contributed by atoms with Crippen LogP contribution in [0.5, 0.6) is 5.75 Å². The van der Waals surface area contributed by atoms with E-state index in [0.717, 1.165) is 69.0 Å². The van der Waals surface area contributed by atoms with Gasteiger partial charge in [-0.2, -0.15) is 0 Å². The molecule has 2 aromatic carbocycles. The average Bonchev–Trinajstić information content (AvgIpc) is 2.74. The van der Waals surface area contributed by atoms with Crippen molar-refractivity contribution in [3.05, 3.63) is 65.5 Å². The summed E-state index contributed by atoms with van der Waals surface area (Å²) in [6.45, 7) is 5.43. The first-order valence-electron chi connectivity index (χ1n) is 10.7. The van der Waals surface area contributed by atoms with Gasteiger partial charge in [-0.3, -0.25) is 9.69 Å². The second-order valence-electron chi connectivity index (χ2n) is 8.08. The third-order valence-electron chi connectivity index (χ3n) is 6.17. The minimum absolute atomic E-state index is 0.0130. The Morgan fingerprint density at radius 3 is 2.60 bits per heavy atom. The lowest BCUT2D eigenvalue weighted by atomic mass is 9.64. The zero-order chi connectivity index (χ0) is 20.8. The second kappa shape index (κ2) is 9.58. The molecule has 0 spiro atoms. The van der Waals surface area contributed by atoms with Crippen molar-refractivity contribution < 1.29 is 18.7 Å². The topological polar surface area (TPSA) is 50.8 Å². The summed E-state index contributed by atoms with van der Waals surface area (Å²) in [5.74, 6) is 0.546. The highest BCUT2D eigenvalue weighted by atomic mass is 19.1. The maximum Gasteiger partial charge on any atom is 0.230 e. The first kappa shape index (κ1) is 20.8. The number of benzene rings is 2. The van der Waals surface area contributed by atoms with E-state index in [1.165, 1.54) is 12.1 Å². The number of ether oxygens (including phenoxy) is 2. The van der Waals surface area contributed by atoms with Gasteiger partial charge in [-0.25, -0.2) is 4.39 Å². The van der Waals surface area contributed by atoms with Crippen LogP contribution in [0, 0.1) is 5.82 Å². The van der Waals surface area contributed by atoms with Crippen LogP contribution < -0.4 is 10.1 Å². The Balaban J connectivity index is 1.30. The van der Waals surface area contributed by atoms with Gasteiger partial charge in [-0.1, -0.05) is 30.7 Å². The van der Waals surface area contributed by atoms with Gasteiger partial charge < -0.3 is 14.8 Å². The number of rotatable bonds is 8. The Hall–Kier alpha value is -2.44. The van der Waals surface area contributed by atoms with Crippen molar-refractivity contribution in [2.24, 2.45) is 0 Å². The van der Waals surface area contributed by atoms with Gasteiger partial charge in [0.05, 0.1) is 18.6 Å².